The van der Waals surface area contributed by atoms with Crippen LogP contribution in [0.3, 0.4) is 0 Å². The van der Waals surface area contributed by atoms with Crippen LogP contribution in [0.25, 0.3) is 0 Å². The molecule has 0 spiro atoms. The minimum atomic E-state index is -0.201. The number of nitrogens with one attached hydrogen (secondary N) is 1. The van der Waals surface area contributed by atoms with Crippen molar-refractivity contribution in [3.05, 3.63) is 69.0 Å². The maximum atomic E-state index is 13.3. The van der Waals surface area contributed by atoms with Gasteiger partial charge in [-0.15, -0.1) is 22.7 Å². The number of likely N-dealkylation sites (N-methyl/N-ethyl adjacent to an activating group) is 1. The second-order valence-electron chi connectivity index (χ2n) is 7.55. The third-order valence-corrected chi connectivity index (χ3v) is 7.29. The Balaban J connectivity index is 1.44. The summed E-state index contributed by atoms with van der Waals surface area (Å²) >= 11 is 3.25. The molecule has 1 aliphatic rings. The number of nitrogens with zero attached hydrogens (tertiary/aromatic N) is 3. The maximum Gasteiger partial charge on any atom is 0.257 e. The molecule has 2 aromatic heterocycles. The molecule has 0 saturated heterocycles. The molecule has 9 heteroatoms. The Hall–Kier alpha value is -3.01. The van der Waals surface area contributed by atoms with Gasteiger partial charge in [-0.2, -0.15) is 5.10 Å². The summed E-state index contributed by atoms with van der Waals surface area (Å²) in [5.74, 6) is 0.274. The first-order chi connectivity index (χ1) is 16.1. The molecule has 3 heterocycles. The number of thiophene rings is 2. The summed E-state index contributed by atoms with van der Waals surface area (Å²) in [6.45, 7) is 2.70. The fraction of sp³-hybridized carbons (Fsp3) is 0.292. The van der Waals surface area contributed by atoms with E-state index in [9.17, 15) is 9.59 Å². The minimum Gasteiger partial charge on any atom is -0.495 e. The summed E-state index contributed by atoms with van der Waals surface area (Å²) in [5, 5.41) is 13.2. The van der Waals surface area contributed by atoms with E-state index >= 15 is 0 Å². The van der Waals surface area contributed by atoms with Gasteiger partial charge in [-0.1, -0.05) is 31.2 Å². The zero-order valence-electron chi connectivity index (χ0n) is 18.6. The van der Waals surface area contributed by atoms with E-state index < -0.39 is 0 Å². The SMILES string of the molecule is CCN(CC(=O)Nc1ccccc1OC)CC(=O)N1N=C(c2cccs2)CC1c1cccs1. The van der Waals surface area contributed by atoms with Crippen molar-refractivity contribution < 1.29 is 14.3 Å². The number of carbonyl (C=O) groups excluding carboxylic acids is 2. The number of ether oxygens (including phenoxy) is 1. The van der Waals surface area contributed by atoms with Crippen LogP contribution in [-0.4, -0.2) is 54.2 Å². The lowest BCUT2D eigenvalue weighted by molar-refractivity contribution is -0.134. The van der Waals surface area contributed by atoms with Gasteiger partial charge in [0.2, 0.25) is 5.91 Å². The van der Waals surface area contributed by atoms with Gasteiger partial charge in [0.05, 0.1) is 42.5 Å². The average molecular weight is 483 g/mol. The molecule has 0 aliphatic carbocycles. The molecule has 2 amide bonds. The first-order valence-electron chi connectivity index (χ1n) is 10.7. The molecular weight excluding hydrogens is 456 g/mol. The standard InChI is InChI=1S/C24H26N4O3S2/c1-3-27(15-23(29)25-17-8-4-5-9-20(17)31-2)16-24(30)28-19(22-11-7-13-33-22)14-18(26-28)21-10-6-12-32-21/h4-13,19H,3,14-16H2,1-2H3,(H,25,29). The number of methoxy groups -OCH3 is 1. The highest BCUT2D eigenvalue weighted by Crippen LogP contribution is 2.36. The van der Waals surface area contributed by atoms with Crippen LogP contribution in [0.15, 0.2) is 64.4 Å². The van der Waals surface area contributed by atoms with Crippen LogP contribution in [0.4, 0.5) is 5.69 Å². The number of amides is 2. The van der Waals surface area contributed by atoms with Crippen LogP contribution in [-0.2, 0) is 9.59 Å². The van der Waals surface area contributed by atoms with Gasteiger partial charge in [-0.3, -0.25) is 14.5 Å². The van der Waals surface area contributed by atoms with Crippen molar-refractivity contribution in [2.75, 3.05) is 32.1 Å². The van der Waals surface area contributed by atoms with Gasteiger partial charge in [0.25, 0.3) is 5.91 Å². The highest BCUT2D eigenvalue weighted by atomic mass is 32.1. The number of para-hydroxylation sites is 2. The van der Waals surface area contributed by atoms with E-state index in [0.717, 1.165) is 15.5 Å². The highest BCUT2D eigenvalue weighted by Gasteiger charge is 2.34. The van der Waals surface area contributed by atoms with E-state index in [4.69, 9.17) is 9.84 Å². The average Bonchev–Trinajstić information content (AvgIpc) is 3.59. The van der Waals surface area contributed by atoms with Crippen LogP contribution in [0.1, 0.15) is 29.1 Å². The van der Waals surface area contributed by atoms with E-state index in [1.54, 1.807) is 46.9 Å². The maximum absolute atomic E-state index is 13.3. The topological polar surface area (TPSA) is 74.2 Å². The second kappa shape index (κ2) is 10.7. The molecule has 1 atom stereocenters. The fourth-order valence-corrected chi connectivity index (χ4v) is 5.25. The van der Waals surface area contributed by atoms with Crippen LogP contribution in [0.5, 0.6) is 5.75 Å². The number of hydrogen-bond acceptors (Lipinski definition) is 7. The molecule has 0 bridgehead atoms. The van der Waals surface area contributed by atoms with E-state index in [1.165, 1.54) is 0 Å². The molecule has 1 N–H and O–H groups in total. The first-order valence-corrected chi connectivity index (χ1v) is 12.5. The minimum absolute atomic E-state index is 0.0965. The first kappa shape index (κ1) is 23.2. The normalized spacial score (nSPS) is 15.5. The lowest BCUT2D eigenvalue weighted by Crippen LogP contribution is -2.41. The summed E-state index contributed by atoms with van der Waals surface area (Å²) < 4.78 is 5.30. The van der Waals surface area contributed by atoms with E-state index in [1.807, 2.05) is 59.0 Å². The number of carbonyl (C=O) groups is 2. The Morgan fingerprint density at radius 3 is 2.61 bits per heavy atom. The van der Waals surface area contributed by atoms with Gasteiger partial charge < -0.3 is 10.1 Å². The third-order valence-electron chi connectivity index (χ3n) is 5.40. The summed E-state index contributed by atoms with van der Waals surface area (Å²) in [5.41, 5.74) is 1.53. The number of benzene rings is 1. The molecule has 0 radical (unpaired) electrons. The van der Waals surface area contributed by atoms with Crippen molar-refractivity contribution in [3.8, 4) is 5.75 Å². The quantitative estimate of drug-likeness (QED) is 0.489. The Morgan fingerprint density at radius 2 is 1.91 bits per heavy atom. The monoisotopic (exact) mass is 482 g/mol. The molecule has 3 aromatic rings. The van der Waals surface area contributed by atoms with Crippen molar-refractivity contribution in [2.24, 2.45) is 5.10 Å². The van der Waals surface area contributed by atoms with Crippen molar-refractivity contribution in [1.29, 1.82) is 0 Å². The molecule has 1 unspecified atom stereocenters. The largest absolute Gasteiger partial charge is 0.495 e. The van der Waals surface area contributed by atoms with Gasteiger partial charge in [0, 0.05) is 11.3 Å². The Labute approximate surface area is 201 Å². The number of anilines is 1. The summed E-state index contributed by atoms with van der Waals surface area (Å²) in [6.07, 6.45) is 0.688. The van der Waals surface area contributed by atoms with Crippen molar-refractivity contribution >= 4 is 45.9 Å². The predicted octanol–water partition coefficient (Wildman–Crippen LogP) is 4.46. The van der Waals surface area contributed by atoms with E-state index in [-0.39, 0.29) is 30.9 Å². The van der Waals surface area contributed by atoms with Gasteiger partial charge in [0.1, 0.15) is 5.75 Å². The molecule has 33 heavy (non-hydrogen) atoms. The lowest BCUT2D eigenvalue weighted by Gasteiger charge is -2.25. The summed E-state index contributed by atoms with van der Waals surface area (Å²) in [4.78, 5) is 30.0. The molecule has 172 valence electrons. The van der Waals surface area contributed by atoms with E-state index in [2.05, 4.69) is 5.32 Å². The number of hydrazone groups is 1. The van der Waals surface area contributed by atoms with Crippen molar-refractivity contribution in [2.45, 2.75) is 19.4 Å². The predicted molar refractivity (Wildman–Crippen MR) is 133 cm³/mol. The Kier molecular flexibility index (Phi) is 7.54. The van der Waals surface area contributed by atoms with Crippen molar-refractivity contribution in [3.63, 3.8) is 0 Å². The number of rotatable bonds is 9. The van der Waals surface area contributed by atoms with E-state index in [0.29, 0.717) is 24.4 Å². The van der Waals surface area contributed by atoms with Crippen LogP contribution in [0, 0.1) is 0 Å². The Morgan fingerprint density at radius 1 is 1.12 bits per heavy atom. The zero-order valence-corrected chi connectivity index (χ0v) is 20.2. The summed E-state index contributed by atoms with van der Waals surface area (Å²) in [7, 11) is 1.56. The van der Waals surface area contributed by atoms with Gasteiger partial charge in [0.15, 0.2) is 0 Å². The zero-order chi connectivity index (χ0) is 23.2. The van der Waals surface area contributed by atoms with Gasteiger partial charge in [-0.05, 0) is 41.6 Å². The lowest BCUT2D eigenvalue weighted by atomic mass is 10.1. The molecule has 1 aliphatic heterocycles. The third kappa shape index (κ3) is 5.50. The second-order valence-corrected chi connectivity index (χ2v) is 9.48. The molecule has 1 aromatic carbocycles. The van der Waals surface area contributed by atoms with Crippen LogP contribution < -0.4 is 10.1 Å². The fourth-order valence-electron chi connectivity index (χ4n) is 3.72. The van der Waals surface area contributed by atoms with Gasteiger partial charge >= 0.3 is 0 Å². The molecule has 0 saturated carbocycles. The van der Waals surface area contributed by atoms with Crippen LogP contribution in [0.2, 0.25) is 0 Å². The smallest absolute Gasteiger partial charge is 0.257 e. The Bertz CT molecular complexity index is 1110. The molecular formula is C24H26N4O3S2. The van der Waals surface area contributed by atoms with Crippen molar-refractivity contribution in [1.82, 2.24) is 9.91 Å². The van der Waals surface area contributed by atoms with Gasteiger partial charge in [-0.25, -0.2) is 5.01 Å². The molecule has 7 nitrogen and oxygen atoms in total. The summed E-state index contributed by atoms with van der Waals surface area (Å²) in [6, 6.07) is 15.2. The molecule has 4 rings (SSSR count). The highest BCUT2D eigenvalue weighted by molar-refractivity contribution is 7.12. The molecule has 0 fully saturated rings. The number of hydrogen-bond donors (Lipinski definition) is 1. The van der Waals surface area contributed by atoms with Crippen LogP contribution >= 0.6 is 22.7 Å².